The molecular formula is C57H95N7O25. The molecule has 32 heteroatoms. The lowest BCUT2D eigenvalue weighted by atomic mass is 10.0. The van der Waals surface area contributed by atoms with E-state index >= 15 is 0 Å². The number of unbranched alkanes of at least 4 members (excludes halogenated alkanes) is 10. The Balaban J connectivity index is 5.59. The quantitative estimate of drug-likeness (QED) is 0.0293. The van der Waals surface area contributed by atoms with E-state index in [4.69, 9.17) is 33.5 Å². The van der Waals surface area contributed by atoms with Gasteiger partial charge in [-0.3, -0.25) is 38.4 Å². The lowest BCUT2D eigenvalue weighted by molar-refractivity contribution is -0.150. The van der Waals surface area contributed by atoms with Crippen LogP contribution in [0.25, 0.3) is 0 Å². The van der Waals surface area contributed by atoms with E-state index in [0.717, 1.165) is 32.1 Å². The van der Waals surface area contributed by atoms with E-state index in [2.05, 4.69) is 44.1 Å². The van der Waals surface area contributed by atoms with Gasteiger partial charge in [0.1, 0.15) is 55.5 Å². The van der Waals surface area contributed by atoms with E-state index in [1.54, 1.807) is 0 Å². The summed E-state index contributed by atoms with van der Waals surface area (Å²) in [4.78, 5) is 176. The van der Waals surface area contributed by atoms with Crippen molar-refractivity contribution in [3.8, 4) is 0 Å². The first-order valence-corrected chi connectivity index (χ1v) is 30.0. The number of carbonyl (C=O) groups is 14. The van der Waals surface area contributed by atoms with Crippen molar-refractivity contribution < 1.29 is 121 Å². The number of ether oxygens (including phenoxy) is 6. The van der Waals surface area contributed by atoms with Crippen molar-refractivity contribution in [2.24, 2.45) is 0 Å². The van der Waals surface area contributed by atoms with E-state index < -0.39 is 190 Å². The highest BCUT2D eigenvalue weighted by atomic mass is 16.6. The van der Waals surface area contributed by atoms with E-state index in [0.29, 0.717) is 6.42 Å². The Morgan fingerprint density at radius 3 is 0.831 bits per heavy atom. The smallest absolute Gasteiger partial charge is 0.328 e. The minimum Gasteiger partial charge on any atom is -0.480 e. The van der Waals surface area contributed by atoms with E-state index in [1.165, 1.54) is 53.2 Å². The number of nitrogens with one attached hydrogen (secondary N) is 7. The molecule has 0 rings (SSSR count). The third kappa shape index (κ3) is 42.9. The second-order valence-electron chi connectivity index (χ2n) is 20.8. The molecule has 0 bridgehead atoms. The molecule has 89 heavy (non-hydrogen) atoms. The Hall–Kier alpha value is -7.58. The number of hydrogen-bond acceptors (Lipinski definition) is 20. The molecule has 0 saturated carbocycles. The van der Waals surface area contributed by atoms with Gasteiger partial charge in [-0.25, -0.2) is 28.8 Å². The van der Waals surface area contributed by atoms with Crippen LogP contribution in [-0.4, -0.2) is 218 Å². The molecule has 0 aromatic rings. The van der Waals surface area contributed by atoms with Crippen LogP contribution in [0, 0.1) is 0 Å². The number of aliphatic carboxylic acids is 5. The first kappa shape index (κ1) is 81.4. The summed E-state index contributed by atoms with van der Waals surface area (Å²) in [7, 11) is 2.88. The maximum Gasteiger partial charge on any atom is 0.328 e. The number of esters is 2. The van der Waals surface area contributed by atoms with Crippen molar-refractivity contribution >= 4 is 83.1 Å². The lowest BCUT2D eigenvalue weighted by Crippen LogP contribution is -2.46. The molecule has 32 nitrogen and oxygen atoms in total. The predicted octanol–water partition coefficient (Wildman–Crippen LogP) is 0.618. The van der Waals surface area contributed by atoms with Crippen molar-refractivity contribution in [3.05, 3.63) is 0 Å². The number of rotatable bonds is 56. The zero-order valence-electron chi connectivity index (χ0n) is 51.6. The fourth-order valence-corrected chi connectivity index (χ4v) is 8.20. The summed E-state index contributed by atoms with van der Waals surface area (Å²) in [6.45, 7) is 3.40. The molecular weight excluding hydrogens is 1180 g/mol. The van der Waals surface area contributed by atoms with Gasteiger partial charge in [0.15, 0.2) is 0 Å². The molecule has 0 heterocycles. The maximum absolute atomic E-state index is 13.2. The standard InChI is InChI=1S/C57H95N7O25/c1-5-6-7-8-9-10-11-12-13-14-15-16-44(65)59-38(52(74)75)17-23-46(67)60-40(54(78)79)20-26-50(71)64-43(57(83)89-36-34-87-32-30-85-4)22-28-48(69)62-39(53(76)77)18-24-47(68)61-41(55(80)81)19-25-49(70)63-42(21-27-45(66)58-37(2)51(72)73)56(82)88-35-33-86-31-29-84-3/h37-43H,5-36H2,1-4H3,(H,58,66)(H,59,65)(H,60,67)(H,61,68)(H,62,69)(H,63,70)(H,64,71)(H,72,73)(H,74,75)(H,76,77)(H,78,79)(H,80,81). The van der Waals surface area contributed by atoms with Crippen molar-refractivity contribution in [2.75, 3.05) is 67.1 Å². The van der Waals surface area contributed by atoms with Crippen molar-refractivity contribution in [1.82, 2.24) is 37.2 Å². The van der Waals surface area contributed by atoms with E-state index in [1.807, 2.05) is 0 Å². The number of methoxy groups -OCH3 is 2. The molecule has 12 N–H and O–H groups in total. The molecule has 0 aliphatic heterocycles. The Morgan fingerprint density at radius 2 is 0.551 bits per heavy atom. The van der Waals surface area contributed by atoms with Crippen LogP contribution in [-0.2, 0) is 95.5 Å². The Kier molecular flexibility index (Phi) is 46.0. The summed E-state index contributed by atoms with van der Waals surface area (Å²) >= 11 is 0. The van der Waals surface area contributed by atoms with Crippen molar-refractivity contribution in [1.29, 1.82) is 0 Å². The second kappa shape index (κ2) is 50.3. The minimum absolute atomic E-state index is 0.0537. The average molecular weight is 1280 g/mol. The third-order valence-corrected chi connectivity index (χ3v) is 13.3. The molecule has 0 aliphatic carbocycles. The van der Waals surface area contributed by atoms with Gasteiger partial charge in [0.05, 0.1) is 39.6 Å². The van der Waals surface area contributed by atoms with Crippen LogP contribution < -0.4 is 37.2 Å². The number of hydrogen-bond donors (Lipinski definition) is 12. The van der Waals surface area contributed by atoms with Gasteiger partial charge in [-0.1, -0.05) is 71.1 Å². The van der Waals surface area contributed by atoms with Gasteiger partial charge >= 0.3 is 41.8 Å². The summed E-state index contributed by atoms with van der Waals surface area (Å²) in [5.41, 5.74) is 0. The predicted molar refractivity (Wildman–Crippen MR) is 311 cm³/mol. The number of carbonyl (C=O) groups excluding carboxylic acids is 9. The number of carboxylic acid groups (broad SMARTS) is 5. The van der Waals surface area contributed by atoms with Crippen LogP contribution in [0.5, 0.6) is 0 Å². The first-order chi connectivity index (χ1) is 42.3. The van der Waals surface area contributed by atoms with Crippen LogP contribution in [0.3, 0.4) is 0 Å². The summed E-state index contributed by atoms with van der Waals surface area (Å²) in [5, 5.41) is 64.1. The third-order valence-electron chi connectivity index (χ3n) is 13.3. The number of carboxylic acids is 5. The fraction of sp³-hybridized carbons (Fsp3) is 0.754. The molecule has 508 valence electrons. The van der Waals surface area contributed by atoms with Crippen molar-refractivity contribution in [3.63, 3.8) is 0 Å². The molecule has 0 fully saturated rings. The maximum atomic E-state index is 13.2. The molecule has 0 radical (unpaired) electrons. The Morgan fingerprint density at radius 1 is 0.303 bits per heavy atom. The zero-order valence-corrected chi connectivity index (χ0v) is 51.6. The second-order valence-corrected chi connectivity index (χ2v) is 20.8. The van der Waals surface area contributed by atoms with Gasteiger partial charge < -0.3 is 91.2 Å². The summed E-state index contributed by atoms with van der Waals surface area (Å²) in [6, 6.07) is -11.0. The van der Waals surface area contributed by atoms with Crippen molar-refractivity contribution in [2.45, 2.75) is 210 Å². The van der Waals surface area contributed by atoms with Gasteiger partial charge in [-0.2, -0.15) is 0 Å². The highest BCUT2D eigenvalue weighted by Gasteiger charge is 2.31. The molecule has 0 aromatic carbocycles. The van der Waals surface area contributed by atoms with E-state index in [-0.39, 0.29) is 72.1 Å². The van der Waals surface area contributed by atoms with Gasteiger partial charge in [0.25, 0.3) is 0 Å². The zero-order chi connectivity index (χ0) is 66.9. The van der Waals surface area contributed by atoms with Crippen LogP contribution >= 0.6 is 0 Å². The highest BCUT2D eigenvalue weighted by Crippen LogP contribution is 2.14. The monoisotopic (exact) mass is 1280 g/mol. The molecule has 7 atom stereocenters. The fourth-order valence-electron chi connectivity index (χ4n) is 8.20. The first-order valence-electron chi connectivity index (χ1n) is 30.0. The van der Waals surface area contributed by atoms with Gasteiger partial charge in [0, 0.05) is 59.2 Å². The molecule has 0 aromatic heterocycles. The largest absolute Gasteiger partial charge is 0.480 e. The average Bonchev–Trinajstić information content (AvgIpc) is 3.66. The Labute approximate surface area is 517 Å². The topological polar surface area (TPSA) is 480 Å². The minimum atomic E-state index is -1.77. The van der Waals surface area contributed by atoms with E-state index in [9.17, 15) is 87.5 Å². The lowest BCUT2D eigenvalue weighted by Gasteiger charge is -2.20. The van der Waals surface area contributed by atoms with Crippen LogP contribution in [0.15, 0.2) is 0 Å². The molecule has 0 aliphatic rings. The normalized spacial score (nSPS) is 13.3. The summed E-state index contributed by atoms with van der Waals surface area (Å²) < 4.78 is 30.6. The van der Waals surface area contributed by atoms with Gasteiger partial charge in [-0.05, 0) is 51.9 Å². The van der Waals surface area contributed by atoms with Crippen LogP contribution in [0.2, 0.25) is 0 Å². The van der Waals surface area contributed by atoms with Crippen LogP contribution in [0.1, 0.15) is 168 Å². The van der Waals surface area contributed by atoms with Gasteiger partial charge in [0.2, 0.25) is 41.4 Å². The molecule has 7 unspecified atom stereocenters. The molecule has 0 saturated heterocycles. The van der Waals surface area contributed by atoms with Gasteiger partial charge in [-0.15, -0.1) is 0 Å². The SMILES string of the molecule is CCCCCCCCCCCCCC(=O)NC(CCC(=O)NC(CCC(=O)NC(CCC(=O)NC(CCC(=O)NC(CCC(=O)NC(CCC(=O)NC(C)C(=O)O)C(=O)OCCOCCOC)C(=O)O)C(=O)O)C(=O)OCCOCCOC)C(=O)O)C(=O)O. The summed E-state index contributed by atoms with van der Waals surface area (Å²) in [6.07, 6.45) is 5.31. The van der Waals surface area contributed by atoms with Crippen LogP contribution in [0.4, 0.5) is 0 Å². The highest BCUT2D eigenvalue weighted by molar-refractivity contribution is 5.90. The molecule has 0 spiro atoms. The number of amides is 7. The Bertz CT molecular complexity index is 2220. The molecule has 7 amide bonds. The summed E-state index contributed by atoms with van der Waals surface area (Å²) in [5.74, 6) is -15.7.